The lowest BCUT2D eigenvalue weighted by molar-refractivity contribution is 0.104. The predicted octanol–water partition coefficient (Wildman–Crippen LogP) is 5.09. The molecule has 0 atom stereocenters. The van der Waals surface area contributed by atoms with Crippen molar-refractivity contribution in [3.63, 3.8) is 0 Å². The van der Waals surface area contributed by atoms with Crippen LogP contribution in [-0.2, 0) is 0 Å². The lowest BCUT2D eigenvalue weighted by Crippen LogP contribution is -1.95. The number of aromatic nitrogens is 1. The molecule has 1 aliphatic rings. The van der Waals surface area contributed by atoms with Crippen molar-refractivity contribution in [2.24, 2.45) is 0 Å². The summed E-state index contributed by atoms with van der Waals surface area (Å²) in [4.78, 5) is 18.9. The van der Waals surface area contributed by atoms with Gasteiger partial charge >= 0.3 is 0 Å². The van der Waals surface area contributed by atoms with Gasteiger partial charge in [-0.2, -0.15) is 10.5 Å². The largest absolute Gasteiger partial charge is 0.439 e. The van der Waals surface area contributed by atoms with Gasteiger partial charge in [-0.05, 0) is 11.6 Å². The Balaban J connectivity index is 1.88. The molecule has 1 aromatic carbocycles. The van der Waals surface area contributed by atoms with E-state index in [9.17, 15) is 15.3 Å². The van der Waals surface area contributed by atoms with E-state index in [0.717, 1.165) is 9.71 Å². The van der Waals surface area contributed by atoms with Crippen LogP contribution in [0.15, 0.2) is 45.9 Å². The van der Waals surface area contributed by atoms with Gasteiger partial charge in [0.25, 0.3) is 0 Å². The summed E-state index contributed by atoms with van der Waals surface area (Å²) in [5, 5.41) is 18.7. The number of carbonyl (C=O) groups excluding carboxylic acids is 1. The Labute approximate surface area is 159 Å². The van der Waals surface area contributed by atoms with Crippen LogP contribution in [0.1, 0.15) is 46.5 Å². The van der Waals surface area contributed by atoms with Crippen LogP contribution in [0.2, 0.25) is 0 Å². The number of ketones is 1. The number of benzene rings is 1. The van der Waals surface area contributed by atoms with E-state index in [4.69, 9.17) is 4.42 Å². The molecule has 2 heterocycles. The molecule has 4 rings (SSSR count). The van der Waals surface area contributed by atoms with Crippen LogP contribution in [-0.4, -0.2) is 10.8 Å². The highest BCUT2D eigenvalue weighted by Gasteiger charge is 2.32. The maximum Gasteiger partial charge on any atom is 0.198 e. The fourth-order valence-electron chi connectivity index (χ4n) is 3.08. The van der Waals surface area contributed by atoms with E-state index >= 15 is 0 Å². The number of hydrogen-bond acceptors (Lipinski definition) is 6. The zero-order chi connectivity index (χ0) is 19.1. The van der Waals surface area contributed by atoms with E-state index < -0.39 is 0 Å². The number of allylic oxidation sites excluding steroid dienone is 3. The van der Waals surface area contributed by atoms with E-state index in [1.807, 2.05) is 32.1 Å². The molecule has 0 fully saturated rings. The summed E-state index contributed by atoms with van der Waals surface area (Å²) in [5.74, 6) is 0.682. The molecule has 0 amide bonds. The van der Waals surface area contributed by atoms with Crippen LogP contribution >= 0.6 is 11.3 Å². The Morgan fingerprint density at radius 3 is 2.56 bits per heavy atom. The average Bonchev–Trinajstić information content (AvgIpc) is 3.29. The van der Waals surface area contributed by atoms with E-state index in [1.165, 1.54) is 11.3 Å². The maximum atomic E-state index is 12.9. The first-order chi connectivity index (χ1) is 13.0. The molecule has 3 aromatic rings. The summed E-state index contributed by atoms with van der Waals surface area (Å²) in [6, 6.07) is 12.7. The minimum atomic E-state index is -0.190. The van der Waals surface area contributed by atoms with Gasteiger partial charge in [-0.15, -0.1) is 11.3 Å². The molecule has 0 unspecified atom stereocenters. The Kier molecular flexibility index (Phi) is 3.99. The third-order valence-corrected chi connectivity index (χ3v) is 5.29. The first-order valence-corrected chi connectivity index (χ1v) is 9.16. The summed E-state index contributed by atoms with van der Waals surface area (Å²) >= 11 is 1.41. The number of carbonyl (C=O) groups is 1. The minimum absolute atomic E-state index is 0.0694. The molecule has 5 nitrogen and oxygen atoms in total. The molecule has 0 N–H and O–H groups in total. The van der Waals surface area contributed by atoms with Gasteiger partial charge in [0, 0.05) is 33.6 Å². The maximum absolute atomic E-state index is 12.9. The molecule has 0 radical (unpaired) electrons. The topological polar surface area (TPSA) is 90.7 Å². The van der Waals surface area contributed by atoms with Crippen molar-refractivity contribution < 1.29 is 9.21 Å². The van der Waals surface area contributed by atoms with Crippen molar-refractivity contribution in [3.05, 3.63) is 63.4 Å². The molecular formula is C21H13N3O2S. The Morgan fingerprint density at radius 1 is 1.22 bits per heavy atom. The second kappa shape index (κ2) is 6.35. The molecule has 1 aliphatic carbocycles. The van der Waals surface area contributed by atoms with Crippen molar-refractivity contribution in [3.8, 4) is 12.1 Å². The second-order valence-electron chi connectivity index (χ2n) is 6.43. The molecule has 0 saturated heterocycles. The van der Waals surface area contributed by atoms with Gasteiger partial charge in [-0.1, -0.05) is 38.1 Å². The van der Waals surface area contributed by atoms with Crippen LogP contribution in [0.3, 0.4) is 0 Å². The average molecular weight is 371 g/mol. The monoisotopic (exact) mass is 371 g/mol. The van der Waals surface area contributed by atoms with Crippen LogP contribution in [0.4, 0.5) is 0 Å². The van der Waals surface area contributed by atoms with Crippen LogP contribution in [0.5, 0.6) is 0 Å². The summed E-state index contributed by atoms with van der Waals surface area (Å²) in [6.07, 6.45) is 1.71. The highest BCUT2D eigenvalue weighted by atomic mass is 32.1. The van der Waals surface area contributed by atoms with Gasteiger partial charge in [0.1, 0.15) is 17.7 Å². The fraction of sp³-hybridized carbons (Fsp3) is 0.143. The van der Waals surface area contributed by atoms with Crippen LogP contribution < -0.4 is 0 Å². The first kappa shape index (κ1) is 17.0. The van der Waals surface area contributed by atoms with Crippen molar-refractivity contribution in [2.45, 2.75) is 19.8 Å². The predicted molar refractivity (Wildman–Crippen MR) is 103 cm³/mol. The molecule has 130 valence electrons. The smallest absolute Gasteiger partial charge is 0.198 e. The number of oxazole rings is 1. The van der Waals surface area contributed by atoms with E-state index in [2.05, 4.69) is 4.98 Å². The molecule has 0 bridgehead atoms. The highest BCUT2D eigenvalue weighted by molar-refractivity contribution is 7.19. The molecule has 27 heavy (non-hydrogen) atoms. The van der Waals surface area contributed by atoms with E-state index in [0.29, 0.717) is 33.7 Å². The molecule has 0 aliphatic heterocycles. The van der Waals surface area contributed by atoms with E-state index in [1.54, 1.807) is 30.3 Å². The molecular weight excluding hydrogens is 358 g/mol. The van der Waals surface area contributed by atoms with Gasteiger partial charge in [0.2, 0.25) is 0 Å². The number of nitrogens with zero attached hydrogens (tertiary/aromatic N) is 3. The van der Waals surface area contributed by atoms with Gasteiger partial charge < -0.3 is 4.42 Å². The zero-order valence-electron chi connectivity index (χ0n) is 14.6. The molecule has 0 saturated carbocycles. The molecule has 2 aromatic heterocycles. The van der Waals surface area contributed by atoms with E-state index in [-0.39, 0.29) is 17.3 Å². The number of Topliss-reactive ketones (excluding diaryl/α,β-unsaturated/α-hetero) is 1. The van der Waals surface area contributed by atoms with Gasteiger partial charge in [0.15, 0.2) is 22.1 Å². The quantitative estimate of drug-likeness (QED) is 0.462. The Bertz CT molecular complexity index is 1190. The molecule has 6 heteroatoms. The summed E-state index contributed by atoms with van der Waals surface area (Å²) in [7, 11) is 0. The zero-order valence-corrected chi connectivity index (χ0v) is 15.4. The summed E-state index contributed by atoms with van der Waals surface area (Å²) < 4.78 is 5.75. The third-order valence-electron chi connectivity index (χ3n) is 4.33. The normalized spacial score (nSPS) is 14.6. The number of thiophene rings is 1. The van der Waals surface area contributed by atoms with Crippen LogP contribution in [0.25, 0.3) is 22.1 Å². The number of rotatable bonds is 2. The highest BCUT2D eigenvalue weighted by Crippen LogP contribution is 2.40. The second-order valence-corrected chi connectivity index (χ2v) is 7.49. The summed E-state index contributed by atoms with van der Waals surface area (Å²) in [6.45, 7) is 4.02. The Morgan fingerprint density at radius 2 is 1.93 bits per heavy atom. The van der Waals surface area contributed by atoms with Crippen molar-refractivity contribution >= 4 is 39.2 Å². The Hall–Kier alpha value is -3.48. The lowest BCUT2D eigenvalue weighted by Gasteiger charge is -2.01. The van der Waals surface area contributed by atoms with Gasteiger partial charge in [-0.3, -0.25) is 4.79 Å². The van der Waals surface area contributed by atoms with Gasteiger partial charge in [0.05, 0.1) is 0 Å². The van der Waals surface area contributed by atoms with Crippen molar-refractivity contribution in [1.29, 1.82) is 10.5 Å². The number of fused-ring (bicyclic) bond motifs is 2. The summed E-state index contributed by atoms with van der Waals surface area (Å²) in [5.41, 5.74) is 2.46. The number of hydrogen-bond donors (Lipinski definition) is 0. The number of nitriles is 2. The SMILES string of the molecule is CC(C)c1nc2sc(/C=C3\C(=O)c4ccccc4C3=C(C#N)C#N)cc2o1. The van der Waals surface area contributed by atoms with Gasteiger partial charge in [-0.25, -0.2) is 4.98 Å². The minimum Gasteiger partial charge on any atom is -0.439 e. The molecule has 0 spiro atoms. The van der Waals surface area contributed by atoms with Crippen molar-refractivity contribution in [2.75, 3.05) is 0 Å². The van der Waals surface area contributed by atoms with Crippen LogP contribution in [0, 0.1) is 22.7 Å². The standard InChI is InChI=1S/C21H13N3O2S/c1-11(2)20-24-21-17(26-20)8-13(27-21)7-16-18(12(9-22)10-23)14-5-3-4-6-15(14)19(16)25/h3-8,11H,1-2H3/b16-7-. The third kappa shape index (κ3) is 2.68. The van der Waals surface area contributed by atoms with Crippen molar-refractivity contribution in [1.82, 2.24) is 4.98 Å². The lowest BCUT2D eigenvalue weighted by atomic mass is 9.99. The fourth-order valence-corrected chi connectivity index (χ4v) is 3.98. The first-order valence-electron chi connectivity index (χ1n) is 8.34.